The van der Waals surface area contributed by atoms with Crippen LogP contribution in [0.2, 0.25) is 0 Å². The van der Waals surface area contributed by atoms with Crippen molar-refractivity contribution in [1.29, 1.82) is 0 Å². The van der Waals surface area contributed by atoms with Crippen LogP contribution >= 0.6 is 0 Å². The molecular weight excluding hydrogens is 198 g/mol. The summed E-state index contributed by atoms with van der Waals surface area (Å²) in [7, 11) is 0. The molecule has 86 valence electrons. The summed E-state index contributed by atoms with van der Waals surface area (Å²) in [6.07, 6.45) is 1.55. The van der Waals surface area contributed by atoms with Crippen LogP contribution in [-0.2, 0) is 4.79 Å². The number of nitrogens with two attached hydrogens (primary N) is 1. The molecule has 1 unspecified atom stereocenters. The van der Waals surface area contributed by atoms with Crippen LogP contribution in [0.4, 0.5) is 4.79 Å². The van der Waals surface area contributed by atoms with Gasteiger partial charge in [-0.15, -0.1) is 0 Å². The third-order valence-electron chi connectivity index (χ3n) is 2.54. The van der Waals surface area contributed by atoms with E-state index >= 15 is 0 Å². The van der Waals surface area contributed by atoms with Crippen molar-refractivity contribution in [1.82, 2.24) is 10.2 Å². The fourth-order valence-corrected chi connectivity index (χ4v) is 1.44. The Hall–Kier alpha value is -1.30. The molecule has 0 saturated carbocycles. The van der Waals surface area contributed by atoms with Crippen LogP contribution in [0.25, 0.3) is 0 Å². The SMILES string of the molecule is CC(NC(=O)N1CCC(N)CC1)C(=O)O. The van der Waals surface area contributed by atoms with Gasteiger partial charge in [0, 0.05) is 19.1 Å². The molecule has 0 aliphatic carbocycles. The zero-order valence-electron chi connectivity index (χ0n) is 8.77. The molecule has 0 aromatic heterocycles. The molecule has 1 heterocycles. The number of hydrogen-bond donors (Lipinski definition) is 3. The number of likely N-dealkylation sites (tertiary alicyclic amines) is 1. The van der Waals surface area contributed by atoms with E-state index in [1.54, 1.807) is 4.90 Å². The number of carbonyl (C=O) groups is 2. The van der Waals surface area contributed by atoms with Gasteiger partial charge in [0.05, 0.1) is 0 Å². The first kappa shape index (κ1) is 11.8. The van der Waals surface area contributed by atoms with Crippen LogP contribution in [0.3, 0.4) is 0 Å². The minimum Gasteiger partial charge on any atom is -0.480 e. The predicted octanol–water partition coefficient (Wildman–Crippen LogP) is -0.408. The number of aliphatic carboxylic acids is 1. The first-order valence-corrected chi connectivity index (χ1v) is 5.04. The summed E-state index contributed by atoms with van der Waals surface area (Å²) < 4.78 is 0. The quantitative estimate of drug-likeness (QED) is 0.583. The summed E-state index contributed by atoms with van der Waals surface area (Å²) in [5.74, 6) is -1.03. The molecule has 0 aromatic rings. The Labute approximate surface area is 88.4 Å². The van der Waals surface area contributed by atoms with Gasteiger partial charge < -0.3 is 21.1 Å². The smallest absolute Gasteiger partial charge is 0.325 e. The largest absolute Gasteiger partial charge is 0.480 e. The van der Waals surface area contributed by atoms with E-state index in [0.717, 1.165) is 12.8 Å². The van der Waals surface area contributed by atoms with Crippen LogP contribution in [0.1, 0.15) is 19.8 Å². The summed E-state index contributed by atoms with van der Waals surface area (Å²) in [6, 6.07) is -1.02. The summed E-state index contributed by atoms with van der Waals surface area (Å²) in [6.45, 7) is 2.63. The maximum atomic E-state index is 11.5. The van der Waals surface area contributed by atoms with Gasteiger partial charge in [0.1, 0.15) is 6.04 Å². The van der Waals surface area contributed by atoms with Crippen LogP contribution in [0.5, 0.6) is 0 Å². The number of carboxylic acids is 1. The fraction of sp³-hybridized carbons (Fsp3) is 0.778. The number of rotatable bonds is 2. The molecule has 0 bridgehead atoms. The number of carbonyl (C=O) groups excluding carboxylic acids is 1. The number of nitrogens with one attached hydrogen (secondary N) is 1. The molecule has 4 N–H and O–H groups in total. The summed E-state index contributed by atoms with van der Waals surface area (Å²) in [5, 5.41) is 11.0. The van der Waals surface area contributed by atoms with Crippen molar-refractivity contribution in [3.05, 3.63) is 0 Å². The lowest BCUT2D eigenvalue weighted by molar-refractivity contribution is -0.138. The van der Waals surface area contributed by atoms with E-state index in [1.807, 2.05) is 0 Å². The monoisotopic (exact) mass is 215 g/mol. The molecule has 6 heteroatoms. The Morgan fingerprint density at radius 2 is 2.00 bits per heavy atom. The summed E-state index contributed by atoms with van der Waals surface area (Å²) in [4.78, 5) is 23.6. The molecule has 2 amide bonds. The maximum absolute atomic E-state index is 11.5. The lowest BCUT2D eigenvalue weighted by atomic mass is 10.1. The van der Waals surface area contributed by atoms with Gasteiger partial charge in [0.2, 0.25) is 0 Å². The molecule has 0 aromatic carbocycles. The van der Waals surface area contributed by atoms with Crippen LogP contribution in [-0.4, -0.2) is 47.2 Å². The number of carboxylic acid groups (broad SMARTS) is 1. The normalized spacial score (nSPS) is 19.7. The fourth-order valence-electron chi connectivity index (χ4n) is 1.44. The highest BCUT2D eigenvalue weighted by Crippen LogP contribution is 2.08. The van der Waals surface area contributed by atoms with Gasteiger partial charge in [0.15, 0.2) is 0 Å². The number of hydrogen-bond acceptors (Lipinski definition) is 3. The zero-order valence-corrected chi connectivity index (χ0v) is 8.77. The number of piperidine rings is 1. The standard InChI is InChI=1S/C9H17N3O3/c1-6(8(13)14)11-9(15)12-4-2-7(10)3-5-12/h6-7H,2-5,10H2,1H3,(H,11,15)(H,13,14). The lowest BCUT2D eigenvalue weighted by Crippen LogP contribution is -2.50. The van der Waals surface area contributed by atoms with Crippen molar-refractivity contribution in [3.63, 3.8) is 0 Å². The third-order valence-corrected chi connectivity index (χ3v) is 2.54. The van der Waals surface area contributed by atoms with Crippen molar-refractivity contribution in [3.8, 4) is 0 Å². The summed E-state index contributed by atoms with van der Waals surface area (Å²) in [5.41, 5.74) is 5.69. The van der Waals surface area contributed by atoms with Crippen molar-refractivity contribution in [2.24, 2.45) is 5.73 Å². The molecule has 0 radical (unpaired) electrons. The Balaban J connectivity index is 2.37. The molecule has 1 aliphatic heterocycles. The van der Waals surface area contributed by atoms with E-state index in [1.165, 1.54) is 6.92 Å². The van der Waals surface area contributed by atoms with E-state index in [4.69, 9.17) is 10.8 Å². The van der Waals surface area contributed by atoms with Crippen molar-refractivity contribution >= 4 is 12.0 Å². The average Bonchev–Trinajstić information content (AvgIpc) is 2.18. The second-order valence-electron chi connectivity index (χ2n) is 3.83. The van der Waals surface area contributed by atoms with Crippen molar-refractivity contribution in [2.45, 2.75) is 31.8 Å². The van der Waals surface area contributed by atoms with Gasteiger partial charge in [-0.1, -0.05) is 0 Å². The molecule has 1 atom stereocenters. The number of nitrogens with zero attached hydrogens (tertiary/aromatic N) is 1. The molecule has 15 heavy (non-hydrogen) atoms. The molecule has 0 spiro atoms. The van der Waals surface area contributed by atoms with Gasteiger partial charge in [-0.3, -0.25) is 4.79 Å². The molecular formula is C9H17N3O3. The van der Waals surface area contributed by atoms with Crippen molar-refractivity contribution in [2.75, 3.05) is 13.1 Å². The number of urea groups is 1. The minimum absolute atomic E-state index is 0.158. The molecule has 1 aliphatic rings. The average molecular weight is 215 g/mol. The highest BCUT2D eigenvalue weighted by Gasteiger charge is 2.22. The first-order valence-electron chi connectivity index (χ1n) is 5.04. The van der Waals surface area contributed by atoms with E-state index in [2.05, 4.69) is 5.32 Å². The Morgan fingerprint density at radius 3 is 2.47 bits per heavy atom. The zero-order chi connectivity index (χ0) is 11.4. The van der Waals surface area contributed by atoms with Crippen molar-refractivity contribution < 1.29 is 14.7 Å². The molecule has 1 fully saturated rings. The van der Waals surface area contributed by atoms with Gasteiger partial charge in [-0.25, -0.2) is 4.79 Å². The first-order chi connectivity index (χ1) is 7.00. The van der Waals surface area contributed by atoms with Gasteiger partial charge in [-0.2, -0.15) is 0 Å². The van der Waals surface area contributed by atoms with E-state index in [9.17, 15) is 9.59 Å². The van der Waals surface area contributed by atoms with Gasteiger partial charge in [-0.05, 0) is 19.8 Å². The predicted molar refractivity (Wildman–Crippen MR) is 54.4 cm³/mol. The topological polar surface area (TPSA) is 95.7 Å². The second-order valence-corrected chi connectivity index (χ2v) is 3.83. The van der Waals surface area contributed by atoms with Gasteiger partial charge >= 0.3 is 12.0 Å². The summed E-state index contributed by atoms with van der Waals surface area (Å²) >= 11 is 0. The maximum Gasteiger partial charge on any atom is 0.325 e. The molecule has 6 nitrogen and oxygen atoms in total. The third kappa shape index (κ3) is 3.39. The minimum atomic E-state index is -1.03. The second kappa shape index (κ2) is 4.97. The van der Waals surface area contributed by atoms with Crippen LogP contribution in [0, 0.1) is 0 Å². The van der Waals surface area contributed by atoms with E-state index in [-0.39, 0.29) is 12.1 Å². The Bertz CT molecular complexity index is 249. The number of amides is 2. The molecule has 1 saturated heterocycles. The van der Waals surface area contributed by atoms with Crippen LogP contribution in [0.15, 0.2) is 0 Å². The lowest BCUT2D eigenvalue weighted by Gasteiger charge is -2.30. The van der Waals surface area contributed by atoms with E-state index in [0.29, 0.717) is 13.1 Å². The van der Waals surface area contributed by atoms with E-state index < -0.39 is 12.0 Å². The molecule has 1 rings (SSSR count). The highest BCUT2D eigenvalue weighted by molar-refractivity contribution is 5.82. The van der Waals surface area contributed by atoms with Crippen LogP contribution < -0.4 is 11.1 Å². The Kier molecular flexibility index (Phi) is 3.90. The Morgan fingerprint density at radius 1 is 1.47 bits per heavy atom. The highest BCUT2D eigenvalue weighted by atomic mass is 16.4. The van der Waals surface area contributed by atoms with Gasteiger partial charge in [0.25, 0.3) is 0 Å².